The molecule has 1 N–H and O–H groups in total. The quantitative estimate of drug-likeness (QED) is 0.547. The lowest BCUT2D eigenvalue weighted by Gasteiger charge is -2.36. The predicted octanol–water partition coefficient (Wildman–Crippen LogP) is 3.96. The molecule has 0 aliphatic carbocycles. The molecule has 0 saturated carbocycles. The van der Waals surface area contributed by atoms with E-state index in [9.17, 15) is 4.79 Å². The molecule has 8 nitrogen and oxygen atoms in total. The number of ether oxygens (including phenoxy) is 1. The highest BCUT2D eigenvalue weighted by atomic mass is 35.5. The highest BCUT2D eigenvalue weighted by Gasteiger charge is 2.21. The normalized spacial score (nSPS) is 14.6. The van der Waals surface area contributed by atoms with E-state index in [-0.39, 0.29) is 5.91 Å². The van der Waals surface area contributed by atoms with Gasteiger partial charge in [-0.1, -0.05) is 18.5 Å². The number of aromatic nitrogens is 3. The number of pyridine rings is 1. The molecular weight excluding hydrogens is 452 g/mol. The molecule has 0 radical (unpaired) electrons. The van der Waals surface area contributed by atoms with Crippen molar-refractivity contribution in [3.8, 4) is 5.88 Å². The summed E-state index contributed by atoms with van der Waals surface area (Å²) < 4.78 is 7.18. The first kappa shape index (κ1) is 24.3. The van der Waals surface area contributed by atoms with Crippen LogP contribution in [-0.2, 0) is 18.3 Å². The molecule has 34 heavy (non-hydrogen) atoms. The summed E-state index contributed by atoms with van der Waals surface area (Å²) in [5.41, 5.74) is 5.57. The average molecular weight is 485 g/mol. The number of carbonyl (C=O) groups excluding carboxylic acids is 1. The molecule has 1 aromatic carbocycles. The topological polar surface area (TPSA) is 75.5 Å². The van der Waals surface area contributed by atoms with Crippen molar-refractivity contribution in [3.63, 3.8) is 0 Å². The Morgan fingerprint density at radius 1 is 1.21 bits per heavy atom. The standard InChI is InChI=1S/C25H33ClN6O2/c1-6-31-11-13-32(14-12-31)21-9-7-18(26)15-20(21)28-22(33)10-8-19-16(2)23-24(27-17(19)3)30(4)29-25(23)34-5/h7,9,15H,6,8,10-14H2,1-5H3,(H,28,33). The molecule has 182 valence electrons. The van der Waals surface area contributed by atoms with Crippen molar-refractivity contribution in [2.45, 2.75) is 33.6 Å². The average Bonchev–Trinajstić information content (AvgIpc) is 3.14. The molecule has 0 atom stereocenters. The second kappa shape index (κ2) is 10.2. The Labute approximate surface area is 205 Å². The van der Waals surface area contributed by atoms with Gasteiger partial charge in [-0.3, -0.25) is 4.79 Å². The van der Waals surface area contributed by atoms with Crippen molar-refractivity contribution >= 4 is 39.9 Å². The van der Waals surface area contributed by atoms with Crippen LogP contribution in [0.3, 0.4) is 0 Å². The number of nitrogens with one attached hydrogen (secondary N) is 1. The summed E-state index contributed by atoms with van der Waals surface area (Å²) in [7, 11) is 3.47. The van der Waals surface area contributed by atoms with Crippen LogP contribution in [0.4, 0.5) is 11.4 Å². The maximum Gasteiger partial charge on any atom is 0.242 e. The van der Waals surface area contributed by atoms with E-state index in [1.165, 1.54) is 0 Å². The molecule has 2 aromatic heterocycles. The zero-order valence-corrected chi connectivity index (χ0v) is 21.4. The number of methoxy groups -OCH3 is 1. The van der Waals surface area contributed by atoms with Crippen molar-refractivity contribution in [2.75, 3.05) is 50.1 Å². The van der Waals surface area contributed by atoms with Gasteiger partial charge in [0.05, 0.1) is 23.9 Å². The van der Waals surface area contributed by atoms with E-state index < -0.39 is 0 Å². The summed E-state index contributed by atoms with van der Waals surface area (Å²) in [6.45, 7) is 11.1. The van der Waals surface area contributed by atoms with E-state index in [0.29, 0.717) is 23.7 Å². The lowest BCUT2D eigenvalue weighted by molar-refractivity contribution is -0.116. The van der Waals surface area contributed by atoms with Crippen LogP contribution in [-0.4, -0.2) is 65.4 Å². The highest BCUT2D eigenvalue weighted by molar-refractivity contribution is 6.31. The Balaban J connectivity index is 1.50. The lowest BCUT2D eigenvalue weighted by Crippen LogP contribution is -2.46. The fourth-order valence-electron chi connectivity index (χ4n) is 4.75. The predicted molar refractivity (Wildman–Crippen MR) is 137 cm³/mol. The zero-order chi connectivity index (χ0) is 24.4. The number of fused-ring (bicyclic) bond motifs is 1. The van der Waals surface area contributed by atoms with Crippen LogP contribution in [0.25, 0.3) is 11.0 Å². The Kier molecular flexibility index (Phi) is 7.28. The highest BCUT2D eigenvalue weighted by Crippen LogP contribution is 2.32. The SMILES string of the molecule is CCN1CCN(c2ccc(Cl)cc2NC(=O)CCc2c(C)nc3c(c(OC)nn3C)c2C)CC1. The van der Waals surface area contributed by atoms with Crippen molar-refractivity contribution < 1.29 is 9.53 Å². The third-order valence-corrected chi connectivity index (χ3v) is 6.95. The number of carbonyl (C=O) groups is 1. The first-order valence-electron chi connectivity index (χ1n) is 11.8. The summed E-state index contributed by atoms with van der Waals surface area (Å²) in [6, 6.07) is 5.72. The zero-order valence-electron chi connectivity index (χ0n) is 20.6. The van der Waals surface area contributed by atoms with Gasteiger partial charge in [0.2, 0.25) is 11.8 Å². The van der Waals surface area contributed by atoms with Crippen LogP contribution in [0, 0.1) is 13.8 Å². The molecule has 1 saturated heterocycles. The van der Waals surface area contributed by atoms with Gasteiger partial charge in [0, 0.05) is 50.4 Å². The van der Waals surface area contributed by atoms with Crippen LogP contribution < -0.4 is 15.0 Å². The van der Waals surface area contributed by atoms with Gasteiger partial charge in [-0.15, -0.1) is 5.10 Å². The van der Waals surface area contributed by atoms with Gasteiger partial charge in [-0.25, -0.2) is 9.67 Å². The van der Waals surface area contributed by atoms with Gasteiger partial charge >= 0.3 is 0 Å². The molecule has 3 heterocycles. The number of aryl methyl sites for hydroxylation is 3. The number of piperazine rings is 1. The summed E-state index contributed by atoms with van der Waals surface area (Å²) in [5.74, 6) is 0.507. The number of nitrogens with zero attached hydrogens (tertiary/aromatic N) is 5. The van der Waals surface area contributed by atoms with E-state index in [1.54, 1.807) is 11.8 Å². The number of benzene rings is 1. The van der Waals surface area contributed by atoms with Gasteiger partial charge in [0.25, 0.3) is 0 Å². The maximum atomic E-state index is 13.0. The third-order valence-electron chi connectivity index (χ3n) is 6.71. The van der Waals surface area contributed by atoms with Crippen molar-refractivity contribution in [1.29, 1.82) is 0 Å². The molecule has 0 spiro atoms. The molecule has 0 unspecified atom stereocenters. The van der Waals surface area contributed by atoms with Crippen LogP contribution in [0.15, 0.2) is 18.2 Å². The second-order valence-corrected chi connectivity index (χ2v) is 9.20. The summed E-state index contributed by atoms with van der Waals surface area (Å²) in [4.78, 5) is 22.5. The fraction of sp³-hybridized carbons (Fsp3) is 0.480. The Morgan fingerprint density at radius 2 is 1.94 bits per heavy atom. The number of amides is 1. The molecule has 9 heteroatoms. The minimum absolute atomic E-state index is 0.0484. The Bertz CT molecular complexity index is 1200. The van der Waals surface area contributed by atoms with Crippen molar-refractivity contribution in [1.82, 2.24) is 19.7 Å². The van der Waals surface area contributed by atoms with Crippen LogP contribution in [0.5, 0.6) is 5.88 Å². The molecule has 4 rings (SSSR count). The Morgan fingerprint density at radius 3 is 2.62 bits per heavy atom. The van der Waals surface area contributed by atoms with E-state index in [0.717, 1.165) is 72.0 Å². The lowest BCUT2D eigenvalue weighted by atomic mass is 10.00. The first-order valence-corrected chi connectivity index (χ1v) is 12.1. The van der Waals surface area contributed by atoms with Gasteiger partial charge < -0.3 is 19.9 Å². The van der Waals surface area contributed by atoms with Crippen molar-refractivity contribution in [3.05, 3.63) is 40.0 Å². The maximum absolute atomic E-state index is 13.0. The number of halogens is 1. The van der Waals surface area contributed by atoms with Gasteiger partial charge in [0.1, 0.15) is 0 Å². The summed E-state index contributed by atoms with van der Waals surface area (Å²) >= 11 is 6.28. The Hall–Kier alpha value is -2.84. The van der Waals surface area contributed by atoms with Crippen LogP contribution in [0.2, 0.25) is 5.02 Å². The molecule has 0 bridgehead atoms. The molecule has 3 aromatic rings. The molecular formula is C25H33ClN6O2. The molecule has 1 fully saturated rings. The monoisotopic (exact) mass is 484 g/mol. The number of anilines is 2. The van der Waals surface area contributed by atoms with Gasteiger partial charge in [-0.05, 0) is 56.1 Å². The molecule has 1 amide bonds. The summed E-state index contributed by atoms with van der Waals surface area (Å²) in [6.07, 6.45) is 0.919. The largest absolute Gasteiger partial charge is 0.479 e. The van der Waals surface area contributed by atoms with Crippen LogP contribution >= 0.6 is 11.6 Å². The minimum atomic E-state index is -0.0484. The first-order chi connectivity index (χ1) is 16.3. The van der Waals surface area contributed by atoms with E-state index >= 15 is 0 Å². The number of rotatable bonds is 7. The third kappa shape index (κ3) is 4.83. The molecule has 1 aliphatic rings. The van der Waals surface area contributed by atoms with Gasteiger partial charge in [0.15, 0.2) is 5.65 Å². The summed E-state index contributed by atoms with van der Waals surface area (Å²) in [5, 5.41) is 9.02. The molecule has 1 aliphatic heterocycles. The van der Waals surface area contributed by atoms with Crippen molar-refractivity contribution in [2.24, 2.45) is 7.05 Å². The minimum Gasteiger partial charge on any atom is -0.479 e. The number of hydrogen-bond donors (Lipinski definition) is 1. The van der Waals surface area contributed by atoms with E-state index in [2.05, 4.69) is 27.1 Å². The van der Waals surface area contributed by atoms with E-state index in [1.807, 2.05) is 39.1 Å². The fourth-order valence-corrected chi connectivity index (χ4v) is 4.92. The van der Waals surface area contributed by atoms with Crippen LogP contribution in [0.1, 0.15) is 30.2 Å². The number of likely N-dealkylation sites (N-methyl/N-ethyl adjacent to an activating group) is 1. The van der Waals surface area contributed by atoms with Gasteiger partial charge in [-0.2, -0.15) is 0 Å². The number of hydrogen-bond acceptors (Lipinski definition) is 6. The second-order valence-electron chi connectivity index (χ2n) is 8.76. The van der Waals surface area contributed by atoms with E-state index in [4.69, 9.17) is 21.3 Å². The smallest absolute Gasteiger partial charge is 0.242 e.